The average Bonchev–Trinajstić information content (AvgIpc) is 3.10. The minimum absolute atomic E-state index is 0.0478. The number of carboxylic acids is 1. The summed E-state index contributed by atoms with van der Waals surface area (Å²) in [6.45, 7) is -2.79. The summed E-state index contributed by atoms with van der Waals surface area (Å²) in [7, 11) is 0. The van der Waals surface area contributed by atoms with Gasteiger partial charge < -0.3 is 63.4 Å². The van der Waals surface area contributed by atoms with Crippen molar-refractivity contribution >= 4 is 41.4 Å². The van der Waals surface area contributed by atoms with Gasteiger partial charge in [-0.15, -0.1) is 0 Å². The Morgan fingerprint density at radius 1 is 0.900 bits per heavy atom. The molecule has 19 nitrogen and oxygen atoms in total. The van der Waals surface area contributed by atoms with Crippen LogP contribution in [0.25, 0.3) is 0 Å². The molecule has 1 saturated heterocycles. The number of benzene rings is 1. The first kappa shape index (κ1) is 41.5. The van der Waals surface area contributed by atoms with Crippen molar-refractivity contribution in [2.24, 2.45) is 5.73 Å². The molecule has 0 aliphatic carbocycles. The van der Waals surface area contributed by atoms with Gasteiger partial charge in [-0.3, -0.25) is 33.6 Å². The lowest BCUT2D eigenvalue weighted by Crippen LogP contribution is -2.58. The highest BCUT2D eigenvalue weighted by atomic mass is 16.4. The smallest absolute Gasteiger partial charge is 0.321 e. The monoisotopic (exact) mass is 708 g/mol. The van der Waals surface area contributed by atoms with Crippen molar-refractivity contribution in [2.45, 2.75) is 74.8 Å². The van der Waals surface area contributed by atoms with E-state index < -0.39 is 104 Å². The number of nitrogens with one attached hydrogen (secondary N) is 7. The third-order valence-electron chi connectivity index (χ3n) is 7.72. The fraction of sp³-hybridized carbons (Fsp3) is 0.581. The van der Waals surface area contributed by atoms with Gasteiger partial charge in [0.1, 0.15) is 30.2 Å². The van der Waals surface area contributed by atoms with E-state index in [4.69, 9.17) is 10.8 Å². The van der Waals surface area contributed by atoms with Gasteiger partial charge in [-0.1, -0.05) is 30.3 Å². The van der Waals surface area contributed by atoms with E-state index in [1.807, 2.05) is 0 Å². The van der Waals surface area contributed by atoms with Crippen LogP contribution in [-0.4, -0.2) is 138 Å². The minimum atomic E-state index is -1.53. The van der Waals surface area contributed by atoms with Crippen molar-refractivity contribution < 1.29 is 54.0 Å². The van der Waals surface area contributed by atoms with Crippen LogP contribution in [0.15, 0.2) is 30.3 Å². The average molecular weight is 709 g/mol. The van der Waals surface area contributed by atoms with Gasteiger partial charge in [0, 0.05) is 19.5 Å². The largest absolute Gasteiger partial charge is 0.480 e. The number of aliphatic hydroxyl groups excluding tert-OH is 3. The van der Waals surface area contributed by atoms with Crippen LogP contribution in [0.3, 0.4) is 0 Å². The van der Waals surface area contributed by atoms with Crippen molar-refractivity contribution in [3.05, 3.63) is 35.9 Å². The Balaban J connectivity index is 2.12. The first-order valence-corrected chi connectivity index (χ1v) is 16.2. The minimum Gasteiger partial charge on any atom is -0.480 e. The molecule has 6 unspecified atom stereocenters. The SMILES string of the molecule is NC(CO)C(=O)NC1CCC(=O)NCCCCC(C(=O)NC(CO)CNC(Cc2ccccc2)C(=O)O)NC(=O)C(CO)NC(=O)CNC1=O. The summed E-state index contributed by atoms with van der Waals surface area (Å²) in [6, 6.07) is 1.53. The van der Waals surface area contributed by atoms with Crippen LogP contribution < -0.4 is 43.0 Å². The normalized spacial score (nSPS) is 21.8. The third-order valence-corrected chi connectivity index (χ3v) is 7.72. The molecule has 0 saturated carbocycles. The van der Waals surface area contributed by atoms with E-state index in [1.54, 1.807) is 30.3 Å². The predicted molar refractivity (Wildman–Crippen MR) is 176 cm³/mol. The molecule has 1 aromatic carbocycles. The van der Waals surface area contributed by atoms with Crippen molar-refractivity contribution in [1.82, 2.24) is 37.2 Å². The molecule has 13 N–H and O–H groups in total. The number of carbonyl (C=O) groups is 7. The molecule has 1 aliphatic rings. The second-order valence-electron chi connectivity index (χ2n) is 11.7. The number of nitrogens with two attached hydrogens (primary N) is 1. The maximum absolute atomic E-state index is 13.3. The Morgan fingerprint density at radius 3 is 2.26 bits per heavy atom. The van der Waals surface area contributed by atoms with Gasteiger partial charge in [0.15, 0.2) is 0 Å². The molecule has 0 aromatic heterocycles. The topological polar surface area (TPSA) is 311 Å². The van der Waals surface area contributed by atoms with E-state index in [-0.39, 0.29) is 38.8 Å². The van der Waals surface area contributed by atoms with E-state index in [2.05, 4.69) is 37.2 Å². The van der Waals surface area contributed by atoms with Crippen molar-refractivity contribution in [3.8, 4) is 0 Å². The van der Waals surface area contributed by atoms with Crippen LogP contribution >= 0.6 is 0 Å². The molecule has 0 spiro atoms. The van der Waals surface area contributed by atoms with Crippen LogP contribution in [0, 0.1) is 0 Å². The van der Waals surface area contributed by atoms with E-state index in [0.717, 1.165) is 5.56 Å². The lowest BCUT2D eigenvalue weighted by Gasteiger charge is -2.26. The first-order chi connectivity index (χ1) is 23.9. The van der Waals surface area contributed by atoms with Crippen molar-refractivity contribution in [2.75, 3.05) is 39.5 Å². The Morgan fingerprint density at radius 2 is 1.62 bits per heavy atom. The maximum atomic E-state index is 13.3. The predicted octanol–water partition coefficient (Wildman–Crippen LogP) is -5.29. The lowest BCUT2D eigenvalue weighted by atomic mass is 10.1. The molecule has 1 fully saturated rings. The molecular formula is C31H48N8O11. The maximum Gasteiger partial charge on any atom is 0.321 e. The highest BCUT2D eigenvalue weighted by Crippen LogP contribution is 2.06. The van der Waals surface area contributed by atoms with E-state index in [9.17, 15) is 48.9 Å². The van der Waals surface area contributed by atoms with Gasteiger partial charge in [0.25, 0.3) is 0 Å². The van der Waals surface area contributed by atoms with E-state index >= 15 is 0 Å². The number of carboxylic acid groups (broad SMARTS) is 1. The van der Waals surface area contributed by atoms with Gasteiger partial charge in [-0.25, -0.2) is 0 Å². The fourth-order valence-corrected chi connectivity index (χ4v) is 4.81. The summed E-state index contributed by atoms with van der Waals surface area (Å²) < 4.78 is 0. The third kappa shape index (κ3) is 14.8. The quantitative estimate of drug-likeness (QED) is 0.0913. The molecule has 0 radical (unpaired) electrons. The number of amides is 6. The molecule has 278 valence electrons. The highest BCUT2D eigenvalue weighted by Gasteiger charge is 2.29. The first-order valence-electron chi connectivity index (χ1n) is 16.2. The van der Waals surface area contributed by atoms with Crippen LogP contribution in [0.4, 0.5) is 0 Å². The van der Waals surface area contributed by atoms with Crippen LogP contribution in [0.1, 0.15) is 37.7 Å². The van der Waals surface area contributed by atoms with Crippen LogP contribution in [0.2, 0.25) is 0 Å². The lowest BCUT2D eigenvalue weighted by molar-refractivity contribution is -0.139. The van der Waals surface area contributed by atoms with Gasteiger partial charge in [-0.2, -0.15) is 0 Å². The molecule has 0 bridgehead atoms. The standard InChI is InChI=1S/C31H48N8O11/c32-20(16-41)27(45)38-22-9-10-25(43)33-11-5-4-8-21(39-30(48)24(17-42)37-26(44)14-35-28(22)46)29(47)36-19(15-40)13-34-23(31(49)50)12-18-6-2-1-3-7-18/h1-3,6-7,19-24,34,40-42H,4-5,8-17,32H2,(H,33,43)(H,35,46)(H,36,47)(H,37,44)(H,38,45)(H,39,48)(H,49,50). The van der Waals surface area contributed by atoms with E-state index in [1.165, 1.54) is 0 Å². The number of carbonyl (C=O) groups excluding carboxylic acids is 6. The number of hydrogen-bond donors (Lipinski definition) is 12. The molecule has 2 rings (SSSR count). The zero-order valence-electron chi connectivity index (χ0n) is 27.6. The second-order valence-corrected chi connectivity index (χ2v) is 11.7. The van der Waals surface area contributed by atoms with Crippen LogP contribution in [0.5, 0.6) is 0 Å². The summed E-state index contributed by atoms with van der Waals surface area (Å²) >= 11 is 0. The van der Waals surface area contributed by atoms with E-state index in [0.29, 0.717) is 12.8 Å². The summed E-state index contributed by atoms with van der Waals surface area (Å²) in [6.07, 6.45) is 0.472. The zero-order chi connectivity index (χ0) is 37.1. The Bertz CT molecular complexity index is 1300. The van der Waals surface area contributed by atoms with Crippen molar-refractivity contribution in [1.29, 1.82) is 0 Å². The summed E-state index contributed by atoms with van der Waals surface area (Å²) in [5.41, 5.74) is 6.26. The number of aliphatic hydroxyl groups is 3. The van der Waals surface area contributed by atoms with Crippen molar-refractivity contribution in [3.63, 3.8) is 0 Å². The van der Waals surface area contributed by atoms with Gasteiger partial charge in [0.2, 0.25) is 35.4 Å². The molecule has 1 aromatic rings. The second kappa shape index (κ2) is 22.1. The number of hydrogen-bond acceptors (Lipinski definition) is 12. The van der Waals surface area contributed by atoms with Crippen LogP contribution in [-0.2, 0) is 40.0 Å². The Kier molecular flexibility index (Phi) is 18.3. The fourth-order valence-electron chi connectivity index (χ4n) is 4.81. The highest BCUT2D eigenvalue weighted by molar-refractivity contribution is 5.95. The molecule has 6 amide bonds. The number of aliphatic carboxylic acids is 1. The van der Waals surface area contributed by atoms with Gasteiger partial charge in [-0.05, 0) is 37.7 Å². The van der Waals surface area contributed by atoms with Gasteiger partial charge >= 0.3 is 5.97 Å². The molecular weight excluding hydrogens is 660 g/mol. The summed E-state index contributed by atoms with van der Waals surface area (Å²) in [5, 5.41) is 56.0. The molecule has 1 aliphatic heterocycles. The Labute approximate surface area is 288 Å². The molecule has 6 atom stereocenters. The molecule has 1 heterocycles. The molecule has 19 heteroatoms. The molecule has 50 heavy (non-hydrogen) atoms. The van der Waals surface area contributed by atoms with Gasteiger partial charge in [0.05, 0.1) is 32.4 Å². The summed E-state index contributed by atoms with van der Waals surface area (Å²) in [5.74, 6) is -5.86. The zero-order valence-corrected chi connectivity index (χ0v) is 27.6. The Hall–Kier alpha value is -4.69. The summed E-state index contributed by atoms with van der Waals surface area (Å²) in [4.78, 5) is 88.2. The number of rotatable bonds is 13.